The number of hydrogen-bond donors (Lipinski definition) is 1. The van der Waals surface area contributed by atoms with Crippen LogP contribution >= 0.6 is 0 Å². The minimum atomic E-state index is -0.217. The van der Waals surface area contributed by atoms with Gasteiger partial charge in [0.15, 0.2) is 5.65 Å². The van der Waals surface area contributed by atoms with E-state index in [0.717, 1.165) is 31.4 Å². The zero-order valence-corrected chi connectivity index (χ0v) is 12.5. The Morgan fingerprint density at radius 2 is 2.41 bits per heavy atom. The highest BCUT2D eigenvalue weighted by molar-refractivity contribution is 5.99. The third kappa shape index (κ3) is 3.26. The first-order valence-corrected chi connectivity index (χ1v) is 7.42. The van der Waals surface area contributed by atoms with Gasteiger partial charge in [0, 0.05) is 19.0 Å². The number of hydrogen-bond acceptors (Lipinski definition) is 4. The van der Waals surface area contributed by atoms with Gasteiger partial charge in [-0.3, -0.25) is 4.79 Å². The maximum Gasteiger partial charge on any atom is 0.257 e. The highest BCUT2D eigenvalue weighted by Crippen LogP contribution is 2.11. The van der Waals surface area contributed by atoms with E-state index >= 15 is 0 Å². The number of aryl methyl sites for hydroxylation is 1. The van der Waals surface area contributed by atoms with Crippen molar-refractivity contribution in [3.63, 3.8) is 0 Å². The van der Waals surface area contributed by atoms with Gasteiger partial charge in [-0.15, -0.1) is 0 Å². The van der Waals surface area contributed by atoms with Gasteiger partial charge in [-0.05, 0) is 31.7 Å². The molecule has 6 nitrogen and oxygen atoms in total. The van der Waals surface area contributed by atoms with E-state index in [4.69, 9.17) is 4.74 Å². The predicted molar refractivity (Wildman–Crippen MR) is 81.4 cm³/mol. The van der Waals surface area contributed by atoms with Crippen LogP contribution in [0.5, 0.6) is 0 Å². The molecule has 1 aliphatic rings. The zero-order valence-electron chi connectivity index (χ0n) is 12.5. The molecule has 114 valence electrons. The van der Waals surface area contributed by atoms with E-state index in [0.29, 0.717) is 17.8 Å². The van der Waals surface area contributed by atoms with Crippen LogP contribution in [0.1, 0.15) is 35.2 Å². The number of nitrogens with zero attached hydrogens (tertiary/aromatic N) is 3. The maximum atomic E-state index is 12.2. The summed E-state index contributed by atoms with van der Waals surface area (Å²) in [5, 5.41) is 6.91. The van der Waals surface area contributed by atoms with Crippen molar-refractivity contribution in [2.45, 2.75) is 32.3 Å². The van der Waals surface area contributed by atoms with E-state index in [9.17, 15) is 4.79 Å². The van der Waals surface area contributed by atoms with Gasteiger partial charge in [-0.2, -0.15) is 5.10 Å². The Kier molecular flexibility index (Phi) is 4.35. The van der Waals surface area contributed by atoms with Crippen LogP contribution < -0.4 is 5.32 Å². The SMILES string of the molecule is Cc1cnc2c(C(=O)NCC#CC3CCCCO3)cnn2c1. The van der Waals surface area contributed by atoms with Crippen molar-refractivity contribution in [1.29, 1.82) is 0 Å². The molecule has 0 spiro atoms. The van der Waals surface area contributed by atoms with Gasteiger partial charge in [0.1, 0.15) is 11.7 Å². The van der Waals surface area contributed by atoms with Crippen molar-refractivity contribution in [3.8, 4) is 11.8 Å². The Morgan fingerprint density at radius 1 is 1.50 bits per heavy atom. The van der Waals surface area contributed by atoms with Crippen molar-refractivity contribution in [1.82, 2.24) is 19.9 Å². The molecule has 6 heteroatoms. The van der Waals surface area contributed by atoms with Gasteiger partial charge >= 0.3 is 0 Å². The first-order valence-electron chi connectivity index (χ1n) is 7.42. The van der Waals surface area contributed by atoms with Crippen LogP contribution in [-0.4, -0.2) is 39.8 Å². The lowest BCUT2D eigenvalue weighted by atomic mass is 10.1. The molecule has 1 atom stereocenters. The van der Waals surface area contributed by atoms with Crippen LogP contribution in [0.15, 0.2) is 18.6 Å². The number of fused-ring (bicyclic) bond motifs is 1. The highest BCUT2D eigenvalue weighted by atomic mass is 16.5. The second-order valence-corrected chi connectivity index (χ2v) is 5.32. The second kappa shape index (κ2) is 6.58. The highest BCUT2D eigenvalue weighted by Gasteiger charge is 2.13. The minimum Gasteiger partial charge on any atom is -0.366 e. The Labute approximate surface area is 128 Å². The van der Waals surface area contributed by atoms with E-state index in [-0.39, 0.29) is 12.0 Å². The standard InChI is InChI=1S/C16H18N4O2/c1-12-9-18-15-14(10-19-20(15)11-12)16(21)17-7-4-6-13-5-2-3-8-22-13/h9-11,13H,2-3,5,7-8H2,1H3,(H,17,21). The molecule has 1 amide bonds. The number of nitrogens with one attached hydrogen (secondary N) is 1. The van der Waals surface area contributed by atoms with Crippen LogP contribution in [0.2, 0.25) is 0 Å². The number of ether oxygens (including phenoxy) is 1. The van der Waals surface area contributed by atoms with Gasteiger partial charge < -0.3 is 10.1 Å². The molecule has 1 unspecified atom stereocenters. The monoisotopic (exact) mass is 298 g/mol. The van der Waals surface area contributed by atoms with Crippen molar-refractivity contribution >= 4 is 11.6 Å². The van der Waals surface area contributed by atoms with Crippen molar-refractivity contribution in [3.05, 3.63) is 29.7 Å². The van der Waals surface area contributed by atoms with E-state index in [1.165, 1.54) is 6.20 Å². The van der Waals surface area contributed by atoms with Gasteiger partial charge in [0.2, 0.25) is 0 Å². The van der Waals surface area contributed by atoms with Gasteiger partial charge in [-0.1, -0.05) is 11.8 Å². The molecule has 3 heterocycles. The summed E-state index contributed by atoms with van der Waals surface area (Å²) in [6.07, 6.45) is 8.31. The van der Waals surface area contributed by atoms with Gasteiger partial charge in [-0.25, -0.2) is 9.50 Å². The smallest absolute Gasteiger partial charge is 0.257 e. The molecule has 1 fully saturated rings. The summed E-state index contributed by atoms with van der Waals surface area (Å²) < 4.78 is 7.12. The molecule has 1 aliphatic heterocycles. The minimum absolute atomic E-state index is 0.00673. The van der Waals surface area contributed by atoms with Crippen LogP contribution in [0.3, 0.4) is 0 Å². The largest absolute Gasteiger partial charge is 0.366 e. The van der Waals surface area contributed by atoms with Crippen molar-refractivity contribution in [2.75, 3.05) is 13.2 Å². The summed E-state index contributed by atoms with van der Waals surface area (Å²) in [6.45, 7) is 3.00. The summed E-state index contributed by atoms with van der Waals surface area (Å²) >= 11 is 0. The first-order chi connectivity index (χ1) is 10.7. The van der Waals surface area contributed by atoms with Crippen molar-refractivity contribution < 1.29 is 9.53 Å². The molecule has 1 saturated heterocycles. The van der Waals surface area contributed by atoms with E-state index < -0.39 is 0 Å². The number of aromatic nitrogens is 3. The fourth-order valence-corrected chi connectivity index (χ4v) is 2.37. The second-order valence-electron chi connectivity index (χ2n) is 5.32. The predicted octanol–water partition coefficient (Wildman–Crippen LogP) is 1.34. The lowest BCUT2D eigenvalue weighted by Gasteiger charge is -2.17. The summed E-state index contributed by atoms with van der Waals surface area (Å²) in [6, 6.07) is 0. The maximum absolute atomic E-state index is 12.2. The number of amides is 1. The lowest BCUT2D eigenvalue weighted by molar-refractivity contribution is 0.0525. The molecule has 0 radical (unpaired) electrons. The Morgan fingerprint density at radius 3 is 3.23 bits per heavy atom. The Bertz CT molecular complexity index is 735. The fourth-order valence-electron chi connectivity index (χ4n) is 2.37. The molecular formula is C16H18N4O2. The van der Waals surface area contributed by atoms with Crippen LogP contribution in [-0.2, 0) is 4.74 Å². The molecular weight excluding hydrogens is 280 g/mol. The number of carbonyl (C=O) groups excluding carboxylic acids is 1. The molecule has 0 saturated carbocycles. The summed E-state index contributed by atoms with van der Waals surface area (Å²) in [5.74, 6) is 5.78. The zero-order chi connectivity index (χ0) is 15.4. The topological polar surface area (TPSA) is 68.5 Å². The van der Waals surface area contributed by atoms with E-state index in [1.807, 2.05) is 13.1 Å². The van der Waals surface area contributed by atoms with E-state index in [2.05, 4.69) is 27.2 Å². The average molecular weight is 298 g/mol. The summed E-state index contributed by atoms with van der Waals surface area (Å²) in [5.41, 5.74) is 1.99. The average Bonchev–Trinajstić information content (AvgIpc) is 2.95. The van der Waals surface area contributed by atoms with E-state index in [1.54, 1.807) is 10.7 Å². The Hall–Kier alpha value is -2.39. The normalized spacial score (nSPS) is 17.8. The molecule has 2 aromatic heterocycles. The summed E-state index contributed by atoms with van der Waals surface area (Å²) in [7, 11) is 0. The first kappa shape index (κ1) is 14.5. The molecule has 2 aromatic rings. The number of rotatable bonds is 2. The molecule has 1 N–H and O–H groups in total. The van der Waals surface area contributed by atoms with Crippen molar-refractivity contribution in [2.24, 2.45) is 0 Å². The third-order valence-corrected chi connectivity index (χ3v) is 3.51. The lowest BCUT2D eigenvalue weighted by Crippen LogP contribution is -2.24. The van der Waals surface area contributed by atoms with Gasteiger partial charge in [0.05, 0.1) is 12.7 Å². The van der Waals surface area contributed by atoms with Crippen LogP contribution in [0.4, 0.5) is 0 Å². The molecule has 0 aromatic carbocycles. The van der Waals surface area contributed by atoms with Crippen LogP contribution in [0.25, 0.3) is 5.65 Å². The summed E-state index contributed by atoms with van der Waals surface area (Å²) in [4.78, 5) is 16.4. The number of carbonyl (C=O) groups is 1. The molecule has 3 rings (SSSR count). The fraction of sp³-hybridized carbons (Fsp3) is 0.438. The molecule has 0 aliphatic carbocycles. The molecule has 0 bridgehead atoms. The quantitative estimate of drug-likeness (QED) is 0.850. The molecule has 22 heavy (non-hydrogen) atoms. The van der Waals surface area contributed by atoms with Gasteiger partial charge in [0.25, 0.3) is 5.91 Å². The third-order valence-electron chi connectivity index (χ3n) is 3.51. The Balaban J connectivity index is 1.60. The van der Waals surface area contributed by atoms with Crippen LogP contribution in [0, 0.1) is 18.8 Å².